The first-order chi connectivity index (χ1) is 9.56. The molecule has 0 saturated carbocycles. The first-order valence-corrected chi connectivity index (χ1v) is 7.45. The Hall–Kier alpha value is -0.360. The summed E-state index contributed by atoms with van der Waals surface area (Å²) in [7, 11) is 2.08. The van der Waals surface area contributed by atoms with Crippen LogP contribution in [-0.2, 0) is 4.74 Å². The van der Waals surface area contributed by atoms with Gasteiger partial charge in [-0.3, -0.25) is 0 Å². The largest absolute Gasteiger partial charge is 0.387 e. The SMILES string of the molecule is CN1CCO[C@H](CNC[C@@H](O)c2cc(Cl)ccc2Cl)C1. The minimum Gasteiger partial charge on any atom is -0.387 e. The first kappa shape index (κ1) is 16.0. The summed E-state index contributed by atoms with van der Waals surface area (Å²) in [5.74, 6) is 0. The van der Waals surface area contributed by atoms with Crippen molar-refractivity contribution in [3.63, 3.8) is 0 Å². The molecule has 0 bridgehead atoms. The van der Waals surface area contributed by atoms with Crippen LogP contribution in [0.2, 0.25) is 10.0 Å². The van der Waals surface area contributed by atoms with Crippen LogP contribution < -0.4 is 5.32 Å². The monoisotopic (exact) mass is 318 g/mol. The lowest BCUT2D eigenvalue weighted by molar-refractivity contribution is -0.0191. The quantitative estimate of drug-likeness (QED) is 0.871. The normalized spacial score (nSPS) is 21.9. The molecule has 1 aliphatic rings. The van der Waals surface area contributed by atoms with Gasteiger partial charge in [0, 0.05) is 41.8 Å². The number of hydrogen-bond acceptors (Lipinski definition) is 4. The molecule has 1 saturated heterocycles. The van der Waals surface area contributed by atoms with Gasteiger partial charge in [-0.15, -0.1) is 0 Å². The van der Waals surface area contributed by atoms with Crippen LogP contribution in [0.5, 0.6) is 0 Å². The Balaban J connectivity index is 1.80. The lowest BCUT2D eigenvalue weighted by atomic mass is 10.1. The van der Waals surface area contributed by atoms with E-state index in [4.69, 9.17) is 27.9 Å². The van der Waals surface area contributed by atoms with E-state index in [1.165, 1.54) is 0 Å². The molecular weight excluding hydrogens is 299 g/mol. The summed E-state index contributed by atoms with van der Waals surface area (Å²) in [5.41, 5.74) is 0.647. The molecule has 1 aromatic carbocycles. The third kappa shape index (κ3) is 4.58. The molecule has 2 N–H and O–H groups in total. The van der Waals surface area contributed by atoms with Crippen LogP contribution in [0, 0.1) is 0 Å². The number of aliphatic hydroxyl groups excluding tert-OH is 1. The van der Waals surface area contributed by atoms with Gasteiger partial charge in [-0.2, -0.15) is 0 Å². The maximum Gasteiger partial charge on any atom is 0.0929 e. The van der Waals surface area contributed by atoms with E-state index >= 15 is 0 Å². The van der Waals surface area contributed by atoms with Gasteiger partial charge in [0.05, 0.1) is 18.8 Å². The molecule has 1 fully saturated rings. The van der Waals surface area contributed by atoms with Crippen molar-refractivity contribution in [3.05, 3.63) is 33.8 Å². The van der Waals surface area contributed by atoms with E-state index in [1.807, 2.05) is 0 Å². The maximum absolute atomic E-state index is 10.2. The summed E-state index contributed by atoms with van der Waals surface area (Å²) in [5, 5.41) is 14.5. The van der Waals surface area contributed by atoms with Crippen molar-refractivity contribution in [2.24, 2.45) is 0 Å². The van der Waals surface area contributed by atoms with Crippen LogP contribution in [0.4, 0.5) is 0 Å². The number of nitrogens with one attached hydrogen (secondary N) is 1. The minimum absolute atomic E-state index is 0.163. The van der Waals surface area contributed by atoms with E-state index in [2.05, 4.69) is 17.3 Å². The van der Waals surface area contributed by atoms with E-state index in [1.54, 1.807) is 18.2 Å². The zero-order valence-electron chi connectivity index (χ0n) is 11.5. The van der Waals surface area contributed by atoms with Gasteiger partial charge in [0.25, 0.3) is 0 Å². The predicted octanol–water partition coefficient (Wildman–Crippen LogP) is 1.95. The highest BCUT2D eigenvalue weighted by molar-refractivity contribution is 6.33. The van der Waals surface area contributed by atoms with Crippen molar-refractivity contribution in [1.29, 1.82) is 0 Å². The highest BCUT2D eigenvalue weighted by Gasteiger charge is 2.18. The molecule has 0 aliphatic carbocycles. The number of aliphatic hydroxyl groups is 1. The standard InChI is InChI=1S/C14H20Cl2N2O2/c1-18-4-5-20-11(9-18)7-17-8-14(19)12-6-10(15)2-3-13(12)16/h2-3,6,11,14,17,19H,4-5,7-9H2,1H3/t11-,14-/m1/s1. The van der Waals surface area contributed by atoms with Crippen molar-refractivity contribution in [2.75, 3.05) is 39.8 Å². The molecule has 0 aromatic heterocycles. The predicted molar refractivity (Wildman–Crippen MR) is 81.5 cm³/mol. The Morgan fingerprint density at radius 3 is 3.05 bits per heavy atom. The van der Waals surface area contributed by atoms with Gasteiger partial charge in [0.2, 0.25) is 0 Å². The number of rotatable bonds is 5. The van der Waals surface area contributed by atoms with Gasteiger partial charge in [0.15, 0.2) is 0 Å². The van der Waals surface area contributed by atoms with Gasteiger partial charge < -0.3 is 20.1 Å². The number of likely N-dealkylation sites (N-methyl/N-ethyl adjacent to an activating group) is 1. The third-order valence-electron chi connectivity index (χ3n) is 3.37. The fourth-order valence-corrected chi connectivity index (χ4v) is 2.68. The van der Waals surface area contributed by atoms with Crippen molar-refractivity contribution >= 4 is 23.2 Å². The molecule has 0 spiro atoms. The Labute approximate surface area is 129 Å². The van der Waals surface area contributed by atoms with Crippen LogP contribution >= 0.6 is 23.2 Å². The molecule has 4 nitrogen and oxygen atoms in total. The summed E-state index contributed by atoms with van der Waals surface area (Å²) in [6, 6.07) is 5.10. The number of hydrogen-bond donors (Lipinski definition) is 2. The van der Waals surface area contributed by atoms with E-state index in [-0.39, 0.29) is 6.10 Å². The van der Waals surface area contributed by atoms with Crippen molar-refractivity contribution < 1.29 is 9.84 Å². The number of ether oxygens (including phenoxy) is 1. The Kier molecular flexibility index (Phi) is 6.08. The van der Waals surface area contributed by atoms with E-state index in [9.17, 15) is 5.11 Å². The molecule has 2 atom stereocenters. The van der Waals surface area contributed by atoms with E-state index < -0.39 is 6.10 Å². The van der Waals surface area contributed by atoms with Gasteiger partial charge in [-0.25, -0.2) is 0 Å². The summed E-state index contributed by atoms with van der Waals surface area (Å²) in [6.07, 6.45) is -0.515. The number of nitrogens with zero attached hydrogens (tertiary/aromatic N) is 1. The van der Waals surface area contributed by atoms with Crippen molar-refractivity contribution in [1.82, 2.24) is 10.2 Å². The van der Waals surface area contributed by atoms with Crippen molar-refractivity contribution in [3.8, 4) is 0 Å². The fourth-order valence-electron chi connectivity index (χ4n) is 2.25. The highest BCUT2D eigenvalue weighted by atomic mass is 35.5. The molecule has 20 heavy (non-hydrogen) atoms. The zero-order chi connectivity index (χ0) is 14.5. The van der Waals surface area contributed by atoms with Crippen LogP contribution in [0.3, 0.4) is 0 Å². The summed E-state index contributed by atoms with van der Waals surface area (Å²) in [4.78, 5) is 2.24. The minimum atomic E-state index is -0.678. The topological polar surface area (TPSA) is 44.7 Å². The maximum atomic E-state index is 10.2. The second-order valence-corrected chi connectivity index (χ2v) is 5.94. The number of benzene rings is 1. The molecule has 1 aliphatic heterocycles. The summed E-state index contributed by atoms with van der Waals surface area (Å²) < 4.78 is 5.65. The Bertz CT molecular complexity index is 445. The van der Waals surface area contributed by atoms with E-state index in [0.717, 1.165) is 19.7 Å². The van der Waals surface area contributed by atoms with Crippen LogP contribution in [0.25, 0.3) is 0 Å². The molecule has 6 heteroatoms. The second-order valence-electron chi connectivity index (χ2n) is 5.09. The lowest BCUT2D eigenvalue weighted by Gasteiger charge is -2.30. The van der Waals surface area contributed by atoms with Gasteiger partial charge in [-0.1, -0.05) is 23.2 Å². The number of morpholine rings is 1. The summed E-state index contributed by atoms with van der Waals surface area (Å²) >= 11 is 12.0. The average molecular weight is 319 g/mol. The molecule has 0 amide bonds. The van der Waals surface area contributed by atoms with Crippen LogP contribution in [0.1, 0.15) is 11.7 Å². The molecular formula is C14H20Cl2N2O2. The second kappa shape index (κ2) is 7.59. The van der Waals surface area contributed by atoms with Crippen molar-refractivity contribution in [2.45, 2.75) is 12.2 Å². The average Bonchev–Trinajstić information content (AvgIpc) is 2.41. The molecule has 1 heterocycles. The Morgan fingerprint density at radius 2 is 2.30 bits per heavy atom. The zero-order valence-corrected chi connectivity index (χ0v) is 13.0. The first-order valence-electron chi connectivity index (χ1n) is 6.70. The molecule has 0 unspecified atom stereocenters. The smallest absolute Gasteiger partial charge is 0.0929 e. The molecule has 112 valence electrons. The van der Waals surface area contributed by atoms with Crippen LogP contribution in [-0.4, -0.2) is 55.9 Å². The fraction of sp³-hybridized carbons (Fsp3) is 0.571. The lowest BCUT2D eigenvalue weighted by Crippen LogP contribution is -2.45. The van der Waals surface area contributed by atoms with E-state index in [0.29, 0.717) is 28.7 Å². The summed E-state index contributed by atoms with van der Waals surface area (Å²) in [6.45, 7) is 3.76. The molecule has 1 aromatic rings. The van der Waals surface area contributed by atoms with Gasteiger partial charge in [-0.05, 0) is 25.2 Å². The highest BCUT2D eigenvalue weighted by Crippen LogP contribution is 2.25. The van der Waals surface area contributed by atoms with Gasteiger partial charge in [0.1, 0.15) is 0 Å². The van der Waals surface area contributed by atoms with Gasteiger partial charge >= 0.3 is 0 Å². The third-order valence-corrected chi connectivity index (χ3v) is 3.95. The van der Waals surface area contributed by atoms with Crippen LogP contribution in [0.15, 0.2) is 18.2 Å². The number of halogens is 2. The Morgan fingerprint density at radius 1 is 1.50 bits per heavy atom. The molecule has 0 radical (unpaired) electrons. The molecule has 2 rings (SSSR count).